The van der Waals surface area contributed by atoms with Gasteiger partial charge in [0.25, 0.3) is 5.56 Å². The molecule has 2 heterocycles. The van der Waals surface area contributed by atoms with Gasteiger partial charge in [0.1, 0.15) is 17.9 Å². The Morgan fingerprint density at radius 1 is 1.19 bits per heavy atom. The maximum atomic E-state index is 12.2. The molecule has 1 N–H and O–H groups in total. The van der Waals surface area contributed by atoms with Crippen LogP contribution in [0.3, 0.4) is 0 Å². The maximum absolute atomic E-state index is 12.2. The van der Waals surface area contributed by atoms with E-state index in [9.17, 15) is 4.79 Å². The van der Waals surface area contributed by atoms with Gasteiger partial charge in [0, 0.05) is 18.2 Å². The summed E-state index contributed by atoms with van der Waals surface area (Å²) in [6, 6.07) is 15.0. The summed E-state index contributed by atoms with van der Waals surface area (Å²) in [4.78, 5) is 19.5. The third-order valence-electron chi connectivity index (χ3n) is 4.08. The van der Waals surface area contributed by atoms with Crippen LogP contribution >= 0.6 is 11.8 Å². The first-order valence-corrected chi connectivity index (χ1v) is 9.38. The molecule has 0 spiro atoms. The number of methoxy groups -OCH3 is 1. The summed E-state index contributed by atoms with van der Waals surface area (Å²) in [5.74, 6) is 2.15. The van der Waals surface area contributed by atoms with Crippen LogP contribution in [0.1, 0.15) is 5.82 Å². The van der Waals surface area contributed by atoms with Crippen LogP contribution in [-0.4, -0.2) is 37.6 Å². The third kappa shape index (κ3) is 3.70. The van der Waals surface area contributed by atoms with Crippen LogP contribution in [0, 0.1) is 0 Å². The van der Waals surface area contributed by atoms with E-state index in [1.165, 1.54) is 0 Å². The smallest absolute Gasteiger partial charge is 0.258 e. The molecule has 0 saturated heterocycles. The average molecular weight is 379 g/mol. The quantitative estimate of drug-likeness (QED) is 0.519. The summed E-state index contributed by atoms with van der Waals surface area (Å²) in [6.07, 6.45) is 2.29. The number of aromatic amines is 1. The summed E-state index contributed by atoms with van der Waals surface area (Å²) in [6.45, 7) is 0. The number of aryl methyl sites for hydroxylation is 1. The van der Waals surface area contributed by atoms with Crippen molar-refractivity contribution >= 4 is 22.7 Å². The number of nitrogens with zero attached hydrogens (tertiary/aromatic N) is 4. The molecule has 0 unspecified atom stereocenters. The fourth-order valence-electron chi connectivity index (χ4n) is 2.75. The normalized spacial score (nSPS) is 11.0. The molecule has 0 aliphatic rings. The highest BCUT2D eigenvalue weighted by molar-refractivity contribution is 7.99. The Kier molecular flexibility index (Phi) is 4.88. The average Bonchev–Trinajstić information content (AvgIpc) is 3.17. The zero-order valence-electron chi connectivity index (χ0n) is 14.6. The summed E-state index contributed by atoms with van der Waals surface area (Å²) in [5.41, 5.74) is 1.53. The van der Waals surface area contributed by atoms with Gasteiger partial charge in [0.05, 0.1) is 23.7 Å². The number of H-pyrrole nitrogens is 1. The van der Waals surface area contributed by atoms with Gasteiger partial charge in [-0.15, -0.1) is 10.2 Å². The van der Waals surface area contributed by atoms with Gasteiger partial charge in [-0.3, -0.25) is 9.36 Å². The van der Waals surface area contributed by atoms with E-state index >= 15 is 0 Å². The van der Waals surface area contributed by atoms with Crippen LogP contribution in [0.15, 0.2) is 64.8 Å². The second-order valence-corrected chi connectivity index (χ2v) is 6.88. The number of nitrogens with one attached hydrogen (secondary N) is 1. The van der Waals surface area contributed by atoms with Gasteiger partial charge in [0.2, 0.25) is 0 Å². The van der Waals surface area contributed by atoms with Gasteiger partial charge in [-0.1, -0.05) is 30.0 Å². The molecule has 0 radical (unpaired) electrons. The van der Waals surface area contributed by atoms with Crippen LogP contribution in [0.2, 0.25) is 0 Å². The molecule has 0 saturated carbocycles. The fraction of sp³-hybridized carbons (Fsp3) is 0.158. The van der Waals surface area contributed by atoms with Crippen molar-refractivity contribution in [3.05, 3.63) is 71.0 Å². The van der Waals surface area contributed by atoms with Crippen molar-refractivity contribution < 1.29 is 4.74 Å². The van der Waals surface area contributed by atoms with E-state index in [-0.39, 0.29) is 5.56 Å². The van der Waals surface area contributed by atoms with Crippen molar-refractivity contribution in [1.29, 1.82) is 0 Å². The van der Waals surface area contributed by atoms with E-state index in [4.69, 9.17) is 4.74 Å². The number of thioether (sulfide) groups is 1. The Labute approximate surface area is 159 Å². The molecule has 4 aromatic rings. The number of benzene rings is 2. The number of fused-ring (bicyclic) bond motifs is 1. The highest BCUT2D eigenvalue weighted by Crippen LogP contribution is 2.22. The Hall–Kier alpha value is -3.13. The highest BCUT2D eigenvalue weighted by Gasteiger charge is 2.09. The van der Waals surface area contributed by atoms with Crippen molar-refractivity contribution in [2.45, 2.75) is 11.6 Å². The molecule has 2 aromatic carbocycles. The minimum atomic E-state index is -0.111. The van der Waals surface area contributed by atoms with Crippen molar-refractivity contribution in [3.63, 3.8) is 0 Å². The SMILES string of the molecule is COc1cccc(-n2cnnc2SCCc2nc3ccccc3c(=O)[nH]2)c1. The molecule has 0 aliphatic carbocycles. The largest absolute Gasteiger partial charge is 0.497 e. The van der Waals surface area contributed by atoms with E-state index in [0.717, 1.165) is 16.6 Å². The van der Waals surface area contributed by atoms with Gasteiger partial charge in [-0.05, 0) is 24.3 Å². The Morgan fingerprint density at radius 3 is 2.96 bits per heavy atom. The molecule has 0 bridgehead atoms. The Morgan fingerprint density at radius 2 is 2.07 bits per heavy atom. The summed E-state index contributed by atoms with van der Waals surface area (Å²) in [7, 11) is 1.64. The maximum Gasteiger partial charge on any atom is 0.258 e. The molecule has 0 aliphatic heterocycles. The third-order valence-corrected chi connectivity index (χ3v) is 5.02. The van der Waals surface area contributed by atoms with Crippen LogP contribution in [-0.2, 0) is 6.42 Å². The Balaban J connectivity index is 1.49. The van der Waals surface area contributed by atoms with E-state index in [1.807, 2.05) is 47.0 Å². The fourth-order valence-corrected chi connectivity index (χ4v) is 3.63. The zero-order valence-corrected chi connectivity index (χ0v) is 15.4. The Bertz CT molecular complexity index is 1140. The molecular weight excluding hydrogens is 362 g/mol. The van der Waals surface area contributed by atoms with Gasteiger partial charge in [-0.25, -0.2) is 4.98 Å². The van der Waals surface area contributed by atoms with Crippen molar-refractivity contribution in [2.75, 3.05) is 12.9 Å². The van der Waals surface area contributed by atoms with E-state index in [1.54, 1.807) is 31.3 Å². The van der Waals surface area contributed by atoms with Crippen molar-refractivity contribution in [1.82, 2.24) is 24.7 Å². The number of aromatic nitrogens is 5. The lowest BCUT2D eigenvalue weighted by Crippen LogP contribution is -2.12. The van der Waals surface area contributed by atoms with Gasteiger partial charge in [0.15, 0.2) is 5.16 Å². The molecule has 8 heteroatoms. The summed E-state index contributed by atoms with van der Waals surface area (Å²) in [5, 5.41) is 9.58. The van der Waals surface area contributed by atoms with Gasteiger partial charge >= 0.3 is 0 Å². The van der Waals surface area contributed by atoms with E-state index in [2.05, 4.69) is 20.2 Å². The molecule has 27 heavy (non-hydrogen) atoms. The van der Waals surface area contributed by atoms with Crippen molar-refractivity contribution in [3.8, 4) is 11.4 Å². The predicted molar refractivity (Wildman–Crippen MR) is 105 cm³/mol. The lowest BCUT2D eigenvalue weighted by atomic mass is 10.2. The van der Waals surface area contributed by atoms with Crippen LogP contribution in [0.5, 0.6) is 5.75 Å². The molecule has 2 aromatic heterocycles. The lowest BCUT2D eigenvalue weighted by Gasteiger charge is -2.08. The van der Waals surface area contributed by atoms with E-state index in [0.29, 0.717) is 28.9 Å². The number of rotatable bonds is 6. The first-order chi connectivity index (χ1) is 13.2. The summed E-state index contributed by atoms with van der Waals surface area (Å²) >= 11 is 1.55. The number of para-hydroxylation sites is 1. The van der Waals surface area contributed by atoms with E-state index < -0.39 is 0 Å². The second kappa shape index (κ2) is 7.63. The molecule has 0 fully saturated rings. The van der Waals surface area contributed by atoms with Gasteiger partial charge < -0.3 is 9.72 Å². The van der Waals surface area contributed by atoms with Crippen LogP contribution in [0.4, 0.5) is 0 Å². The lowest BCUT2D eigenvalue weighted by molar-refractivity contribution is 0.414. The highest BCUT2D eigenvalue weighted by atomic mass is 32.2. The minimum absolute atomic E-state index is 0.111. The minimum Gasteiger partial charge on any atom is -0.497 e. The zero-order chi connectivity index (χ0) is 18.6. The number of hydrogen-bond donors (Lipinski definition) is 1. The molecule has 0 atom stereocenters. The van der Waals surface area contributed by atoms with Crippen LogP contribution < -0.4 is 10.3 Å². The van der Waals surface area contributed by atoms with Crippen LogP contribution in [0.25, 0.3) is 16.6 Å². The number of hydrogen-bond acceptors (Lipinski definition) is 6. The number of ether oxygens (including phenoxy) is 1. The molecule has 136 valence electrons. The first kappa shape index (κ1) is 17.3. The van der Waals surface area contributed by atoms with Gasteiger partial charge in [-0.2, -0.15) is 0 Å². The topological polar surface area (TPSA) is 85.7 Å². The monoisotopic (exact) mass is 379 g/mol. The van der Waals surface area contributed by atoms with Crippen molar-refractivity contribution in [2.24, 2.45) is 0 Å². The predicted octanol–water partition coefficient (Wildman–Crippen LogP) is 2.85. The second-order valence-electron chi connectivity index (χ2n) is 5.81. The first-order valence-electron chi connectivity index (χ1n) is 8.40. The molecule has 0 amide bonds. The summed E-state index contributed by atoms with van der Waals surface area (Å²) < 4.78 is 7.18. The molecule has 7 nitrogen and oxygen atoms in total. The molecule has 4 rings (SSSR count). The molecular formula is C19H17N5O2S. The standard InChI is InChI=1S/C19H17N5O2S/c1-26-14-6-4-5-13(11-14)24-12-20-23-19(24)27-10-9-17-21-16-8-3-2-7-15(16)18(25)22-17/h2-8,11-12H,9-10H2,1H3,(H,21,22,25).